The number of imidazole rings is 2. The van der Waals surface area contributed by atoms with Crippen LogP contribution in [0, 0.1) is 0 Å². The van der Waals surface area contributed by atoms with E-state index in [1.807, 2.05) is 0 Å². The number of nitrogens with one attached hydrogen (secondary N) is 2. The molecule has 0 aromatic carbocycles. The number of phosphoric acid groups is 1. The van der Waals surface area contributed by atoms with Crippen molar-refractivity contribution in [3.05, 3.63) is 33.4 Å². The van der Waals surface area contributed by atoms with E-state index < -0.39 is 102 Å². The lowest BCUT2D eigenvalue weighted by molar-refractivity contribution is -0.746. The molecule has 292 valence electrons. The molecule has 0 spiro atoms. The Kier molecular flexibility index (Phi) is 10.6. The lowest BCUT2D eigenvalue weighted by Crippen LogP contribution is -2.47. The third-order valence-electron chi connectivity index (χ3n) is 8.13. The molecule has 0 saturated carbocycles. The van der Waals surface area contributed by atoms with Crippen molar-refractivity contribution in [2.45, 2.75) is 49.1 Å². The molecule has 11 N–H and O–H groups in total. The Morgan fingerprint density at radius 3 is 2.30 bits per heavy atom. The minimum atomic E-state index is -5.78. The summed E-state index contributed by atoms with van der Waals surface area (Å²) in [6.45, 7) is -1.98. The maximum absolute atomic E-state index is 12.7. The van der Waals surface area contributed by atoms with Crippen LogP contribution in [0.5, 0.6) is 0 Å². The van der Waals surface area contributed by atoms with E-state index >= 15 is 0 Å². The van der Waals surface area contributed by atoms with Gasteiger partial charge in [-0.3, -0.25) is 42.4 Å². The van der Waals surface area contributed by atoms with Crippen molar-refractivity contribution in [2.75, 3.05) is 37.7 Å². The van der Waals surface area contributed by atoms with Gasteiger partial charge in [-0.05, 0) is 0 Å². The number of nitrogens with zero attached hydrogens (tertiary/aromatic N) is 6. The molecular formula is C23H33N10O17P3. The number of rotatable bonds is 13. The number of nitrogens with two attached hydrogens (primary N) is 2. The SMILES string of the molecule is CO[C@@H]1[C@H](O)[C@@H](COP(=O)([O-])OP(=O)(O)CP(=O)(O)OC[C@H]2O[C@@H](n3cnc4c(=O)[nH]c(N)nc43)[C@H](O)[C@@H]2O)O[C@H]1[n+]1cn(C)c2c(=O)[nH]c(N)nc21. The molecular weight excluding hydrogens is 781 g/mol. The Morgan fingerprint density at radius 2 is 1.60 bits per heavy atom. The third kappa shape index (κ3) is 7.86. The fourth-order valence-corrected chi connectivity index (χ4v) is 10.8. The molecule has 0 aliphatic carbocycles. The second-order valence-electron chi connectivity index (χ2n) is 11.9. The first-order valence-electron chi connectivity index (χ1n) is 15.0. The molecule has 4 aromatic rings. The fraction of sp³-hybridized carbons (Fsp3) is 0.565. The summed E-state index contributed by atoms with van der Waals surface area (Å²) in [4.78, 5) is 73.9. The van der Waals surface area contributed by atoms with Crippen LogP contribution in [0.4, 0.5) is 11.9 Å². The van der Waals surface area contributed by atoms with Crippen molar-refractivity contribution in [1.29, 1.82) is 0 Å². The topological polar surface area (TPSA) is 401 Å². The summed E-state index contributed by atoms with van der Waals surface area (Å²) >= 11 is 0. The average Bonchev–Trinajstić information content (AvgIpc) is 3.77. The van der Waals surface area contributed by atoms with Crippen LogP contribution >= 0.6 is 23.0 Å². The monoisotopic (exact) mass is 814 g/mol. The second kappa shape index (κ2) is 14.3. The highest BCUT2D eigenvalue weighted by atomic mass is 31.3. The average molecular weight is 814 g/mol. The number of aliphatic hydroxyl groups excluding tert-OH is 3. The van der Waals surface area contributed by atoms with Gasteiger partial charge in [0.1, 0.15) is 36.6 Å². The molecule has 2 fully saturated rings. The first kappa shape index (κ1) is 39.2. The number of aromatic amines is 2. The zero-order chi connectivity index (χ0) is 38.8. The number of phosphoric ester groups is 1. The molecule has 11 atom stereocenters. The maximum atomic E-state index is 12.7. The molecule has 6 heterocycles. The Bertz CT molecular complexity index is 2300. The van der Waals surface area contributed by atoms with Crippen LogP contribution < -0.4 is 32.0 Å². The Labute approximate surface area is 294 Å². The number of methoxy groups -OCH3 is 1. The predicted octanol–water partition coefficient (Wildman–Crippen LogP) is -4.41. The summed E-state index contributed by atoms with van der Waals surface area (Å²) in [5.74, 6) is -2.31. The van der Waals surface area contributed by atoms with Gasteiger partial charge >= 0.3 is 20.8 Å². The van der Waals surface area contributed by atoms with Crippen LogP contribution in [-0.2, 0) is 48.3 Å². The molecule has 27 nitrogen and oxygen atoms in total. The van der Waals surface area contributed by atoms with Crippen molar-refractivity contribution in [3.8, 4) is 0 Å². The van der Waals surface area contributed by atoms with E-state index in [0.29, 0.717) is 0 Å². The zero-order valence-corrected chi connectivity index (χ0v) is 29.9. The van der Waals surface area contributed by atoms with E-state index in [0.717, 1.165) is 10.9 Å². The maximum Gasteiger partial charge on any atom is 0.346 e. The number of hydrogen-bond donors (Lipinski definition) is 9. The number of aliphatic hydroxyl groups is 3. The number of aromatic nitrogens is 8. The van der Waals surface area contributed by atoms with Crippen molar-refractivity contribution in [1.82, 2.24) is 34.1 Å². The lowest BCUT2D eigenvalue weighted by Gasteiger charge is -2.27. The van der Waals surface area contributed by atoms with Gasteiger partial charge < -0.3 is 64.7 Å². The number of nitrogen functional groups attached to an aromatic ring is 2. The molecule has 2 aliphatic rings. The molecule has 2 saturated heterocycles. The normalized spacial score (nSPS) is 29.7. The van der Waals surface area contributed by atoms with Crippen LogP contribution in [-0.4, -0.2) is 122 Å². The van der Waals surface area contributed by atoms with Crippen LogP contribution in [0.3, 0.4) is 0 Å². The molecule has 0 bridgehead atoms. The van der Waals surface area contributed by atoms with Crippen LogP contribution in [0.1, 0.15) is 12.5 Å². The molecule has 53 heavy (non-hydrogen) atoms. The van der Waals surface area contributed by atoms with Crippen molar-refractivity contribution in [3.63, 3.8) is 0 Å². The standard InChI is InChI=1S/C23H33N10O17P3/c1-31-6-33(17-11(31)19(38)30-23(25)28-17)21-15(45-2)13(35)9(49-21)4-47-53(43,44)50-52(41,42)7-51(39,40)46-3-8-12(34)14(36)20(48-8)32-5-26-10-16(32)27-22(24)29-18(10)37/h5-6,8-9,12-15,20-21,34-36H,3-4,7H2,1-2H3,(H8-,24,25,27,28,29,30,37,38,39,40,41,42,43,44)/t8-,9-,12-,13-,14-,15-,20-,21-/m1/s1. The summed E-state index contributed by atoms with van der Waals surface area (Å²) in [5, 5.41) is 31.9. The number of hydrogen-bond acceptors (Lipinski definition) is 20. The molecule has 2 aliphatic heterocycles. The van der Waals surface area contributed by atoms with Crippen molar-refractivity contribution in [2.24, 2.45) is 7.05 Å². The molecule has 3 unspecified atom stereocenters. The van der Waals surface area contributed by atoms with E-state index in [1.54, 1.807) is 0 Å². The summed E-state index contributed by atoms with van der Waals surface area (Å²) in [5.41, 5.74) is 9.74. The zero-order valence-electron chi connectivity index (χ0n) is 27.2. The minimum Gasteiger partial charge on any atom is -0.756 e. The van der Waals surface area contributed by atoms with E-state index in [2.05, 4.69) is 33.8 Å². The fourth-order valence-electron chi connectivity index (χ4n) is 5.84. The molecule has 4 aromatic heterocycles. The number of fused-ring (bicyclic) bond motifs is 2. The van der Waals surface area contributed by atoms with Crippen molar-refractivity contribution < 1.29 is 75.8 Å². The van der Waals surface area contributed by atoms with E-state index in [1.165, 1.54) is 29.6 Å². The van der Waals surface area contributed by atoms with Gasteiger partial charge in [-0.15, -0.1) is 0 Å². The number of anilines is 2. The van der Waals surface area contributed by atoms with Crippen LogP contribution in [0.25, 0.3) is 22.3 Å². The van der Waals surface area contributed by atoms with Crippen LogP contribution in [0.2, 0.25) is 0 Å². The van der Waals surface area contributed by atoms with Gasteiger partial charge in [-0.1, -0.05) is 4.98 Å². The predicted molar refractivity (Wildman–Crippen MR) is 170 cm³/mol. The summed E-state index contributed by atoms with van der Waals surface area (Å²) in [6, 6.07) is 0. The Hall–Kier alpha value is -3.49. The van der Waals surface area contributed by atoms with Gasteiger partial charge in [0.25, 0.3) is 24.9 Å². The molecule has 30 heteroatoms. The first-order valence-corrected chi connectivity index (χ1v) is 20.0. The van der Waals surface area contributed by atoms with Crippen LogP contribution in [0.15, 0.2) is 22.2 Å². The lowest BCUT2D eigenvalue weighted by atomic mass is 10.1. The van der Waals surface area contributed by atoms with Gasteiger partial charge in [0.2, 0.25) is 17.7 Å². The van der Waals surface area contributed by atoms with Gasteiger partial charge in [-0.2, -0.15) is 4.98 Å². The molecule has 0 amide bonds. The van der Waals surface area contributed by atoms with Crippen molar-refractivity contribution >= 4 is 57.2 Å². The van der Waals surface area contributed by atoms with E-state index in [9.17, 15) is 53.3 Å². The van der Waals surface area contributed by atoms with Gasteiger partial charge in [0.15, 0.2) is 29.6 Å². The van der Waals surface area contributed by atoms with Gasteiger partial charge in [0, 0.05) is 7.11 Å². The Morgan fingerprint density at radius 1 is 0.962 bits per heavy atom. The minimum absolute atomic E-state index is 0.0294. The first-order chi connectivity index (χ1) is 24.7. The highest BCUT2D eigenvalue weighted by Crippen LogP contribution is 2.65. The number of H-pyrrole nitrogens is 2. The number of ether oxygens (including phenoxy) is 3. The summed E-state index contributed by atoms with van der Waals surface area (Å²) in [7, 11) is -13.8. The van der Waals surface area contributed by atoms with E-state index in [4.69, 9.17) is 30.2 Å². The highest BCUT2D eigenvalue weighted by Gasteiger charge is 2.50. The quantitative estimate of drug-likeness (QED) is 0.0454. The molecule has 6 rings (SSSR count). The van der Waals surface area contributed by atoms with Gasteiger partial charge in [0.05, 0.1) is 26.6 Å². The van der Waals surface area contributed by atoms with Gasteiger partial charge in [-0.25, -0.2) is 13.9 Å². The largest absolute Gasteiger partial charge is 0.756 e. The summed E-state index contributed by atoms with van der Waals surface area (Å²) in [6.07, 6.45) is -9.50. The molecule has 0 radical (unpaired) electrons. The highest BCUT2D eigenvalue weighted by molar-refractivity contribution is 7.73. The Balaban J connectivity index is 1.06. The third-order valence-corrected chi connectivity index (χ3v) is 13.8. The smallest absolute Gasteiger partial charge is 0.346 e. The van der Waals surface area contributed by atoms with E-state index in [-0.39, 0.29) is 34.2 Å². The number of aryl methyl sites for hydroxylation is 1. The summed E-state index contributed by atoms with van der Waals surface area (Å²) < 4.78 is 72.0. The second-order valence-corrected chi connectivity index (χ2v) is 17.6.